The molecule has 0 saturated carbocycles. The summed E-state index contributed by atoms with van der Waals surface area (Å²) in [5.74, 6) is -0.772. The number of rotatable bonds is 3. The van der Waals surface area contributed by atoms with Crippen LogP contribution < -0.4 is 4.74 Å². The Morgan fingerprint density at radius 1 is 1.41 bits per heavy atom. The van der Waals surface area contributed by atoms with Gasteiger partial charge >= 0.3 is 5.97 Å². The van der Waals surface area contributed by atoms with E-state index in [1.54, 1.807) is 6.07 Å². The largest absolute Gasteiger partial charge is 0.496 e. The number of esters is 1. The molecule has 1 aromatic carbocycles. The molecule has 0 fully saturated rings. The van der Waals surface area contributed by atoms with E-state index < -0.39 is 18.0 Å². The maximum absolute atomic E-state index is 12.7. The fourth-order valence-electron chi connectivity index (χ4n) is 1.31. The SMILES string of the molecule is COC(=O)c1cc(C(F)F)c(C#N)cc1OC. The highest BCUT2D eigenvalue weighted by atomic mass is 19.3. The summed E-state index contributed by atoms with van der Waals surface area (Å²) in [5.41, 5.74) is -0.887. The van der Waals surface area contributed by atoms with Crippen molar-refractivity contribution >= 4 is 5.97 Å². The Morgan fingerprint density at radius 3 is 2.47 bits per heavy atom. The smallest absolute Gasteiger partial charge is 0.341 e. The van der Waals surface area contributed by atoms with Gasteiger partial charge in [-0.1, -0.05) is 0 Å². The molecule has 0 unspecified atom stereocenters. The third-order valence-corrected chi connectivity index (χ3v) is 2.13. The van der Waals surface area contributed by atoms with Crippen molar-refractivity contribution in [1.82, 2.24) is 0 Å². The Kier molecular flexibility index (Phi) is 3.99. The molecule has 0 atom stereocenters. The lowest BCUT2D eigenvalue weighted by atomic mass is 10.0. The molecule has 0 bridgehead atoms. The quantitative estimate of drug-likeness (QED) is 0.762. The second-order valence-corrected chi connectivity index (χ2v) is 3.04. The Bertz CT molecular complexity index is 480. The predicted octanol–water partition coefficient (Wildman–Crippen LogP) is 2.29. The average molecular weight is 241 g/mol. The van der Waals surface area contributed by atoms with Gasteiger partial charge in [-0.3, -0.25) is 0 Å². The van der Waals surface area contributed by atoms with Gasteiger partial charge in [-0.2, -0.15) is 5.26 Å². The fourth-order valence-corrected chi connectivity index (χ4v) is 1.31. The first-order chi connectivity index (χ1) is 8.04. The Balaban J connectivity index is 3.45. The average Bonchev–Trinajstić information content (AvgIpc) is 2.35. The van der Waals surface area contributed by atoms with Gasteiger partial charge in [0.25, 0.3) is 6.43 Å². The number of hydrogen-bond donors (Lipinski definition) is 0. The van der Waals surface area contributed by atoms with Crippen LogP contribution in [0.1, 0.15) is 27.9 Å². The molecule has 0 aliphatic carbocycles. The topological polar surface area (TPSA) is 59.3 Å². The first-order valence-electron chi connectivity index (χ1n) is 4.53. The number of ether oxygens (including phenoxy) is 2. The number of benzene rings is 1. The summed E-state index contributed by atoms with van der Waals surface area (Å²) < 4.78 is 34.6. The number of halogens is 2. The molecule has 0 saturated heterocycles. The molecule has 4 nitrogen and oxygen atoms in total. The third kappa shape index (κ3) is 2.50. The van der Waals surface area contributed by atoms with Crippen LogP contribution in [0.2, 0.25) is 0 Å². The molecule has 17 heavy (non-hydrogen) atoms. The standard InChI is InChI=1S/C11H9F2NO3/c1-16-9-3-6(5-14)7(10(12)13)4-8(9)11(15)17-2/h3-4,10H,1-2H3. The molecule has 1 aromatic rings. The number of hydrogen-bond acceptors (Lipinski definition) is 4. The van der Waals surface area contributed by atoms with Crippen LogP contribution in [0.4, 0.5) is 8.78 Å². The zero-order valence-electron chi connectivity index (χ0n) is 9.16. The van der Waals surface area contributed by atoms with E-state index in [9.17, 15) is 13.6 Å². The van der Waals surface area contributed by atoms with Crippen molar-refractivity contribution in [2.24, 2.45) is 0 Å². The molecular formula is C11H9F2NO3. The van der Waals surface area contributed by atoms with Crippen molar-refractivity contribution in [3.63, 3.8) is 0 Å². The molecule has 0 aliphatic rings. The molecule has 0 aliphatic heterocycles. The van der Waals surface area contributed by atoms with Crippen molar-refractivity contribution in [2.75, 3.05) is 14.2 Å². The van der Waals surface area contributed by atoms with Crippen molar-refractivity contribution in [3.8, 4) is 11.8 Å². The molecule has 0 heterocycles. The van der Waals surface area contributed by atoms with E-state index in [1.807, 2.05) is 0 Å². The summed E-state index contributed by atoms with van der Waals surface area (Å²) in [6.07, 6.45) is -2.85. The molecule has 90 valence electrons. The Morgan fingerprint density at radius 2 is 2.06 bits per heavy atom. The van der Waals surface area contributed by atoms with E-state index in [-0.39, 0.29) is 16.9 Å². The number of nitrogens with zero attached hydrogens (tertiary/aromatic N) is 1. The minimum atomic E-state index is -2.85. The maximum atomic E-state index is 12.7. The van der Waals surface area contributed by atoms with Gasteiger partial charge in [0, 0.05) is 5.56 Å². The van der Waals surface area contributed by atoms with E-state index in [0.717, 1.165) is 19.2 Å². The predicted molar refractivity (Wildman–Crippen MR) is 54.0 cm³/mol. The van der Waals surface area contributed by atoms with Gasteiger partial charge in [-0.15, -0.1) is 0 Å². The second-order valence-electron chi connectivity index (χ2n) is 3.04. The first kappa shape index (κ1) is 12.9. The summed E-state index contributed by atoms with van der Waals surface area (Å²) in [5, 5.41) is 8.72. The van der Waals surface area contributed by atoms with E-state index in [0.29, 0.717) is 0 Å². The Labute approximate surface area is 96.4 Å². The minimum absolute atomic E-state index is 0.0257. The van der Waals surface area contributed by atoms with Gasteiger partial charge in [0.1, 0.15) is 11.3 Å². The zero-order valence-corrected chi connectivity index (χ0v) is 9.16. The number of alkyl halides is 2. The van der Waals surface area contributed by atoms with Crippen LogP contribution >= 0.6 is 0 Å². The van der Waals surface area contributed by atoms with Gasteiger partial charge in [-0.05, 0) is 12.1 Å². The monoisotopic (exact) mass is 241 g/mol. The van der Waals surface area contributed by atoms with Crippen LogP contribution in [-0.2, 0) is 4.74 Å². The molecule has 0 radical (unpaired) electrons. The summed E-state index contributed by atoms with van der Waals surface area (Å²) >= 11 is 0. The summed E-state index contributed by atoms with van der Waals surface area (Å²) in [6, 6.07) is 3.63. The molecule has 1 rings (SSSR count). The lowest BCUT2D eigenvalue weighted by Crippen LogP contribution is -2.06. The zero-order chi connectivity index (χ0) is 13.0. The molecule has 0 spiro atoms. The fraction of sp³-hybridized carbons (Fsp3) is 0.273. The molecule has 6 heteroatoms. The Hall–Kier alpha value is -2.16. The van der Waals surface area contributed by atoms with Crippen molar-refractivity contribution in [2.45, 2.75) is 6.43 Å². The molecule has 0 amide bonds. The van der Waals surface area contributed by atoms with Crippen LogP contribution in [0, 0.1) is 11.3 Å². The lowest BCUT2D eigenvalue weighted by molar-refractivity contribution is 0.0596. The summed E-state index contributed by atoms with van der Waals surface area (Å²) in [4.78, 5) is 11.3. The van der Waals surface area contributed by atoms with E-state index in [2.05, 4.69) is 4.74 Å². The number of nitriles is 1. The number of carbonyl (C=O) groups excluding carboxylic acids is 1. The molecular weight excluding hydrogens is 232 g/mol. The lowest BCUT2D eigenvalue weighted by Gasteiger charge is -2.10. The number of methoxy groups -OCH3 is 2. The minimum Gasteiger partial charge on any atom is -0.496 e. The third-order valence-electron chi connectivity index (χ3n) is 2.13. The van der Waals surface area contributed by atoms with Crippen molar-refractivity contribution in [3.05, 3.63) is 28.8 Å². The summed E-state index contributed by atoms with van der Waals surface area (Å²) in [6.45, 7) is 0. The normalized spacial score (nSPS) is 9.88. The molecule has 0 aromatic heterocycles. The van der Waals surface area contributed by atoms with Crippen LogP contribution in [0.3, 0.4) is 0 Å². The van der Waals surface area contributed by atoms with Crippen LogP contribution in [-0.4, -0.2) is 20.2 Å². The van der Waals surface area contributed by atoms with Gasteiger partial charge in [0.2, 0.25) is 0 Å². The first-order valence-corrected chi connectivity index (χ1v) is 4.53. The van der Waals surface area contributed by atoms with Gasteiger partial charge in [0.15, 0.2) is 0 Å². The van der Waals surface area contributed by atoms with Gasteiger partial charge in [-0.25, -0.2) is 13.6 Å². The van der Waals surface area contributed by atoms with Gasteiger partial charge < -0.3 is 9.47 Å². The van der Waals surface area contributed by atoms with Crippen LogP contribution in [0.15, 0.2) is 12.1 Å². The highest BCUT2D eigenvalue weighted by molar-refractivity contribution is 5.93. The van der Waals surface area contributed by atoms with Crippen LogP contribution in [0.25, 0.3) is 0 Å². The summed E-state index contributed by atoms with van der Waals surface area (Å²) in [7, 11) is 2.40. The van der Waals surface area contributed by atoms with E-state index in [1.165, 1.54) is 7.11 Å². The van der Waals surface area contributed by atoms with Crippen molar-refractivity contribution < 1.29 is 23.0 Å². The van der Waals surface area contributed by atoms with Crippen LogP contribution in [0.5, 0.6) is 5.75 Å². The van der Waals surface area contributed by atoms with Gasteiger partial charge in [0.05, 0.1) is 25.9 Å². The molecule has 0 N–H and O–H groups in total. The van der Waals surface area contributed by atoms with E-state index >= 15 is 0 Å². The number of carbonyl (C=O) groups is 1. The maximum Gasteiger partial charge on any atom is 0.341 e. The second kappa shape index (κ2) is 5.25. The highest BCUT2D eigenvalue weighted by Crippen LogP contribution is 2.30. The van der Waals surface area contributed by atoms with Crippen molar-refractivity contribution in [1.29, 1.82) is 5.26 Å². The highest BCUT2D eigenvalue weighted by Gasteiger charge is 2.21. The van der Waals surface area contributed by atoms with E-state index in [4.69, 9.17) is 10.00 Å².